The Morgan fingerprint density at radius 3 is 2.72 bits per heavy atom. The molecule has 18 heavy (non-hydrogen) atoms. The summed E-state index contributed by atoms with van der Waals surface area (Å²) in [5.41, 5.74) is 0. The van der Waals surface area contributed by atoms with E-state index in [1.807, 2.05) is 7.05 Å². The molecule has 1 rings (SSSR count). The summed E-state index contributed by atoms with van der Waals surface area (Å²) in [5, 5.41) is 6.97. The zero-order valence-electron chi connectivity index (χ0n) is 10.7. The van der Waals surface area contributed by atoms with Crippen molar-refractivity contribution >= 4 is 42.1 Å². The quantitative estimate of drug-likeness (QED) is 0.759. The minimum Gasteiger partial charge on any atom is -0.351 e. The largest absolute Gasteiger partial charge is 0.351 e. The predicted molar refractivity (Wildman–Crippen MR) is 81.5 cm³/mol. The summed E-state index contributed by atoms with van der Waals surface area (Å²) < 4.78 is 0. The van der Waals surface area contributed by atoms with Gasteiger partial charge in [-0.15, -0.1) is 36.2 Å². The van der Waals surface area contributed by atoms with Crippen molar-refractivity contribution in [2.75, 3.05) is 20.1 Å². The van der Waals surface area contributed by atoms with Crippen molar-refractivity contribution in [1.82, 2.24) is 15.6 Å². The second-order valence-corrected chi connectivity index (χ2v) is 4.70. The highest BCUT2D eigenvalue weighted by molar-refractivity contribution is 7.13. The van der Waals surface area contributed by atoms with Crippen molar-refractivity contribution in [1.29, 1.82) is 0 Å². The molecule has 1 heterocycles. The number of hydrogen-bond acceptors (Lipinski definition) is 4. The van der Waals surface area contributed by atoms with Gasteiger partial charge in [-0.25, -0.2) is 4.98 Å². The lowest BCUT2D eigenvalue weighted by molar-refractivity contribution is 0.0957. The van der Waals surface area contributed by atoms with E-state index in [1.54, 1.807) is 6.20 Å². The van der Waals surface area contributed by atoms with Crippen LogP contribution in [-0.2, 0) is 6.42 Å². The third-order valence-electron chi connectivity index (χ3n) is 2.13. The Morgan fingerprint density at radius 1 is 1.39 bits per heavy atom. The lowest BCUT2D eigenvalue weighted by Gasteiger charge is -2.02. The molecule has 4 nitrogen and oxygen atoms in total. The number of thiazole rings is 1. The minimum absolute atomic E-state index is 0. The molecule has 1 amide bonds. The number of rotatable bonds is 7. The Labute approximate surface area is 125 Å². The number of aromatic nitrogens is 1. The van der Waals surface area contributed by atoms with Crippen molar-refractivity contribution in [3.8, 4) is 0 Å². The molecule has 0 unspecified atom stereocenters. The van der Waals surface area contributed by atoms with E-state index in [2.05, 4.69) is 22.5 Å². The topological polar surface area (TPSA) is 54.0 Å². The van der Waals surface area contributed by atoms with Crippen molar-refractivity contribution in [2.24, 2.45) is 0 Å². The summed E-state index contributed by atoms with van der Waals surface area (Å²) in [7, 11) is 1.90. The summed E-state index contributed by atoms with van der Waals surface area (Å²) in [6.45, 7) is 3.74. The monoisotopic (exact) mass is 313 g/mol. The van der Waals surface area contributed by atoms with Gasteiger partial charge in [-0.3, -0.25) is 4.79 Å². The molecule has 0 saturated heterocycles. The van der Waals surface area contributed by atoms with Crippen LogP contribution >= 0.6 is 36.2 Å². The maximum atomic E-state index is 11.7. The Hall–Kier alpha value is -0.360. The number of carbonyl (C=O) groups excluding carboxylic acids is 1. The highest BCUT2D eigenvalue weighted by Gasteiger charge is 2.08. The Morgan fingerprint density at radius 2 is 2.11 bits per heavy atom. The van der Waals surface area contributed by atoms with E-state index in [4.69, 9.17) is 0 Å². The summed E-state index contributed by atoms with van der Waals surface area (Å²) in [4.78, 5) is 16.6. The van der Waals surface area contributed by atoms with Crippen molar-refractivity contribution in [2.45, 2.75) is 26.2 Å². The Kier molecular flexibility index (Phi) is 13.0. The molecule has 1 aromatic heterocycles. The second-order valence-electron chi connectivity index (χ2n) is 3.58. The number of nitrogens with one attached hydrogen (secondary N) is 2. The summed E-state index contributed by atoms with van der Waals surface area (Å²) in [6, 6.07) is 0. The maximum absolute atomic E-state index is 11.7. The summed E-state index contributed by atoms with van der Waals surface area (Å²) in [6.07, 6.45) is 4.64. The molecule has 0 aliphatic rings. The van der Waals surface area contributed by atoms with Gasteiger partial charge in [0.25, 0.3) is 5.91 Å². The molecule has 0 aliphatic heterocycles. The molecule has 0 atom stereocenters. The van der Waals surface area contributed by atoms with Crippen molar-refractivity contribution in [3.63, 3.8) is 0 Å². The van der Waals surface area contributed by atoms with E-state index in [9.17, 15) is 4.79 Å². The molecule has 0 saturated carbocycles. The zero-order valence-corrected chi connectivity index (χ0v) is 13.1. The molecule has 106 valence electrons. The maximum Gasteiger partial charge on any atom is 0.263 e. The Balaban J connectivity index is 0. The average molecular weight is 314 g/mol. The lowest BCUT2D eigenvalue weighted by atomic mass is 10.4. The molecule has 0 aliphatic carbocycles. The zero-order chi connectivity index (χ0) is 11.8. The first-order chi connectivity index (χ1) is 7.77. The van der Waals surface area contributed by atoms with Crippen LogP contribution in [0.3, 0.4) is 0 Å². The standard InChI is InChI=1S/C11H19N3OS.2ClH/c1-3-5-10-14-8-9(16-10)11(15)13-7-4-6-12-2;;/h8,12H,3-7H2,1-2H3,(H,13,15);2*1H. The van der Waals surface area contributed by atoms with Crippen molar-refractivity contribution < 1.29 is 4.79 Å². The van der Waals surface area contributed by atoms with E-state index in [-0.39, 0.29) is 30.7 Å². The molecule has 1 aromatic rings. The molecule has 0 spiro atoms. The van der Waals surface area contributed by atoms with Gasteiger partial charge in [-0.1, -0.05) is 6.92 Å². The smallest absolute Gasteiger partial charge is 0.263 e. The normalized spacial score (nSPS) is 9.22. The molecule has 0 fully saturated rings. The molecule has 0 aromatic carbocycles. The Bertz CT molecular complexity index is 334. The van der Waals surface area contributed by atoms with Crippen LogP contribution in [0.4, 0.5) is 0 Å². The minimum atomic E-state index is -0.00374. The van der Waals surface area contributed by atoms with Gasteiger partial charge in [-0.2, -0.15) is 0 Å². The van der Waals surface area contributed by atoms with E-state index < -0.39 is 0 Å². The third-order valence-corrected chi connectivity index (χ3v) is 3.19. The average Bonchev–Trinajstić information content (AvgIpc) is 2.73. The van der Waals surface area contributed by atoms with Gasteiger partial charge in [0.2, 0.25) is 0 Å². The summed E-state index contributed by atoms with van der Waals surface area (Å²) in [5.74, 6) is -0.00374. The number of amides is 1. The van der Waals surface area contributed by atoms with Gasteiger partial charge < -0.3 is 10.6 Å². The fourth-order valence-corrected chi connectivity index (χ4v) is 2.23. The van der Waals surface area contributed by atoms with Crippen LogP contribution < -0.4 is 10.6 Å². The second kappa shape index (κ2) is 11.7. The van der Waals surface area contributed by atoms with Crippen LogP contribution in [-0.4, -0.2) is 31.0 Å². The third kappa shape index (κ3) is 7.16. The fourth-order valence-electron chi connectivity index (χ4n) is 1.30. The first kappa shape index (κ1) is 20.0. The molecular formula is C11H21Cl2N3OS. The van der Waals surface area contributed by atoms with Crippen LogP contribution in [0.1, 0.15) is 34.4 Å². The predicted octanol–water partition coefficient (Wildman–Crippen LogP) is 2.28. The SMILES string of the molecule is CCCc1ncc(C(=O)NCCCNC)s1.Cl.Cl. The van der Waals surface area contributed by atoms with Gasteiger partial charge in [0.15, 0.2) is 0 Å². The van der Waals surface area contributed by atoms with E-state index >= 15 is 0 Å². The first-order valence-electron chi connectivity index (χ1n) is 5.65. The van der Waals surface area contributed by atoms with Crippen molar-refractivity contribution in [3.05, 3.63) is 16.1 Å². The summed E-state index contributed by atoms with van der Waals surface area (Å²) >= 11 is 1.49. The molecule has 0 radical (unpaired) electrons. The molecule has 2 N–H and O–H groups in total. The van der Waals surface area contributed by atoms with Crippen LogP contribution in [0.15, 0.2) is 6.20 Å². The van der Waals surface area contributed by atoms with Gasteiger partial charge in [-0.05, 0) is 32.9 Å². The number of aryl methyl sites for hydroxylation is 1. The fraction of sp³-hybridized carbons (Fsp3) is 0.636. The lowest BCUT2D eigenvalue weighted by Crippen LogP contribution is -2.25. The van der Waals surface area contributed by atoms with Crippen LogP contribution in [0.2, 0.25) is 0 Å². The van der Waals surface area contributed by atoms with Crippen LogP contribution in [0, 0.1) is 0 Å². The number of hydrogen-bond donors (Lipinski definition) is 2. The number of halogens is 2. The first-order valence-corrected chi connectivity index (χ1v) is 6.47. The van der Waals surface area contributed by atoms with Gasteiger partial charge in [0.05, 0.1) is 11.2 Å². The number of carbonyl (C=O) groups is 1. The highest BCUT2D eigenvalue weighted by atomic mass is 35.5. The van der Waals surface area contributed by atoms with Gasteiger partial charge in [0, 0.05) is 6.54 Å². The van der Waals surface area contributed by atoms with E-state index in [0.29, 0.717) is 11.4 Å². The van der Waals surface area contributed by atoms with Gasteiger partial charge >= 0.3 is 0 Å². The molecule has 0 bridgehead atoms. The molecular weight excluding hydrogens is 293 g/mol. The van der Waals surface area contributed by atoms with Gasteiger partial charge in [0.1, 0.15) is 4.88 Å². The van der Waals surface area contributed by atoms with E-state index in [0.717, 1.165) is 30.8 Å². The highest BCUT2D eigenvalue weighted by Crippen LogP contribution is 2.14. The van der Waals surface area contributed by atoms with Crippen LogP contribution in [0.25, 0.3) is 0 Å². The van der Waals surface area contributed by atoms with E-state index in [1.165, 1.54) is 11.3 Å². The molecule has 7 heteroatoms. The number of nitrogens with zero attached hydrogens (tertiary/aromatic N) is 1. The van der Waals surface area contributed by atoms with Crippen LogP contribution in [0.5, 0.6) is 0 Å².